The van der Waals surface area contributed by atoms with Gasteiger partial charge in [-0.05, 0) is 44.9 Å². The maximum atomic E-state index is 12.8. The van der Waals surface area contributed by atoms with Crippen molar-refractivity contribution < 1.29 is 4.79 Å². The molecule has 0 atom stereocenters. The second kappa shape index (κ2) is 6.12. The molecule has 8 heteroatoms. The number of amides is 1. The van der Waals surface area contributed by atoms with Gasteiger partial charge in [0.15, 0.2) is 0 Å². The van der Waals surface area contributed by atoms with Crippen molar-refractivity contribution in [3.05, 3.63) is 44.6 Å². The zero-order valence-electron chi connectivity index (χ0n) is 14.8. The Labute approximate surface area is 148 Å². The molecule has 1 saturated carbocycles. The summed E-state index contributed by atoms with van der Waals surface area (Å²) in [6, 6.07) is 4.88. The Morgan fingerprint density at radius 2 is 2.00 bits per heavy atom. The van der Waals surface area contributed by atoms with E-state index >= 15 is 0 Å². The molecule has 2 heterocycles. The van der Waals surface area contributed by atoms with E-state index in [1.165, 1.54) is 8.97 Å². The van der Waals surface area contributed by atoms with Crippen LogP contribution in [0.4, 0.5) is 0 Å². The number of aromatic amines is 1. The molecule has 1 amide bonds. The Bertz CT molecular complexity index is 1120. The molecule has 8 nitrogen and oxygen atoms in total. The second-order valence-corrected chi connectivity index (χ2v) is 7.12. The zero-order valence-corrected chi connectivity index (χ0v) is 14.8. The molecule has 0 unspecified atom stereocenters. The number of hydrogen-bond acceptors (Lipinski definition) is 4. The lowest BCUT2D eigenvalue weighted by molar-refractivity contribution is 0.0938. The zero-order chi connectivity index (χ0) is 18.4. The summed E-state index contributed by atoms with van der Waals surface area (Å²) in [6.45, 7) is 3.71. The number of hydrogen-bond donors (Lipinski definition) is 2. The van der Waals surface area contributed by atoms with Crippen LogP contribution in [0.25, 0.3) is 16.7 Å². The molecule has 4 rings (SSSR count). The largest absolute Gasteiger partial charge is 0.349 e. The summed E-state index contributed by atoms with van der Waals surface area (Å²) in [6.07, 6.45) is 4.23. The monoisotopic (exact) mass is 355 g/mol. The molecule has 1 aliphatic carbocycles. The van der Waals surface area contributed by atoms with Crippen molar-refractivity contribution in [2.75, 3.05) is 0 Å². The Balaban J connectivity index is 1.90. The molecule has 136 valence electrons. The van der Waals surface area contributed by atoms with Crippen molar-refractivity contribution in [3.8, 4) is 0 Å². The molecule has 26 heavy (non-hydrogen) atoms. The van der Waals surface area contributed by atoms with E-state index in [1.54, 1.807) is 18.2 Å². The van der Waals surface area contributed by atoms with Gasteiger partial charge in [-0.3, -0.25) is 14.2 Å². The van der Waals surface area contributed by atoms with Crippen LogP contribution in [0.15, 0.2) is 27.8 Å². The Hall–Kier alpha value is -2.90. The minimum absolute atomic E-state index is 0.157. The lowest BCUT2D eigenvalue weighted by Crippen LogP contribution is -2.32. The first kappa shape index (κ1) is 16.6. The Kier molecular flexibility index (Phi) is 3.90. The summed E-state index contributed by atoms with van der Waals surface area (Å²) >= 11 is 0. The maximum absolute atomic E-state index is 12.8. The summed E-state index contributed by atoms with van der Waals surface area (Å²) < 4.78 is 2.82. The van der Waals surface area contributed by atoms with E-state index in [0.29, 0.717) is 16.5 Å². The fraction of sp³-hybridized carbons (Fsp3) is 0.444. The summed E-state index contributed by atoms with van der Waals surface area (Å²) in [7, 11) is 0. The molecule has 0 bridgehead atoms. The number of benzene rings is 1. The SMILES string of the molecule is CC(C)n1c(=O)c2ccc(C(=O)NC3CCCC3)cc2n2c(=O)[nH]nc12. The van der Waals surface area contributed by atoms with Gasteiger partial charge in [0.25, 0.3) is 11.5 Å². The molecule has 0 radical (unpaired) electrons. The summed E-state index contributed by atoms with van der Waals surface area (Å²) in [4.78, 5) is 37.7. The highest BCUT2D eigenvalue weighted by Crippen LogP contribution is 2.19. The van der Waals surface area contributed by atoms with Crippen molar-refractivity contribution in [2.24, 2.45) is 0 Å². The van der Waals surface area contributed by atoms with E-state index in [2.05, 4.69) is 15.5 Å². The molecule has 2 N–H and O–H groups in total. The third kappa shape index (κ3) is 2.53. The summed E-state index contributed by atoms with van der Waals surface area (Å²) in [5.41, 5.74) is 0.150. The van der Waals surface area contributed by atoms with Gasteiger partial charge in [-0.15, -0.1) is 5.10 Å². The lowest BCUT2D eigenvalue weighted by atomic mass is 10.1. The number of nitrogens with one attached hydrogen (secondary N) is 2. The molecule has 0 saturated heterocycles. The smallest absolute Gasteiger partial charge is 0.349 e. The van der Waals surface area contributed by atoms with Crippen LogP contribution in [0.5, 0.6) is 0 Å². The molecule has 0 aliphatic heterocycles. The van der Waals surface area contributed by atoms with Crippen LogP contribution in [0.1, 0.15) is 55.9 Å². The number of nitrogens with zero attached hydrogens (tertiary/aromatic N) is 3. The van der Waals surface area contributed by atoms with Crippen molar-refractivity contribution in [2.45, 2.75) is 51.6 Å². The highest BCUT2D eigenvalue weighted by molar-refractivity contribution is 5.98. The average molecular weight is 355 g/mol. The molecule has 3 aromatic rings. The molecular weight excluding hydrogens is 334 g/mol. The van der Waals surface area contributed by atoms with Crippen LogP contribution in [-0.2, 0) is 0 Å². The molecule has 2 aromatic heterocycles. The van der Waals surface area contributed by atoms with Gasteiger partial charge in [0.1, 0.15) is 0 Å². The van der Waals surface area contributed by atoms with Crippen LogP contribution in [-0.4, -0.2) is 31.1 Å². The van der Waals surface area contributed by atoms with Gasteiger partial charge in [-0.25, -0.2) is 14.3 Å². The molecule has 1 aliphatic rings. The predicted octanol–water partition coefficient (Wildman–Crippen LogP) is 1.59. The first-order valence-electron chi connectivity index (χ1n) is 8.93. The fourth-order valence-corrected chi connectivity index (χ4v) is 3.73. The van der Waals surface area contributed by atoms with Gasteiger partial charge in [0, 0.05) is 17.6 Å². The van der Waals surface area contributed by atoms with Crippen molar-refractivity contribution in [1.29, 1.82) is 0 Å². The summed E-state index contributed by atoms with van der Waals surface area (Å²) in [5, 5.41) is 9.80. The van der Waals surface area contributed by atoms with E-state index in [4.69, 9.17) is 0 Å². The topological polar surface area (TPSA) is 101 Å². The predicted molar refractivity (Wildman–Crippen MR) is 97.7 cm³/mol. The standard InChI is InChI=1S/C18H21N5O3/c1-10(2)22-16(25)13-8-7-11(15(24)19-12-5-3-4-6-12)9-14(13)23-17(22)20-21-18(23)26/h7-10,12H,3-6H2,1-2H3,(H,19,24)(H,21,26). The number of rotatable bonds is 3. The molecule has 1 aromatic carbocycles. The highest BCUT2D eigenvalue weighted by Gasteiger charge is 2.20. The van der Waals surface area contributed by atoms with Gasteiger partial charge in [-0.2, -0.15) is 0 Å². The van der Waals surface area contributed by atoms with Crippen LogP contribution in [0, 0.1) is 0 Å². The first-order valence-corrected chi connectivity index (χ1v) is 8.93. The van der Waals surface area contributed by atoms with Crippen molar-refractivity contribution >= 4 is 22.6 Å². The number of H-pyrrole nitrogens is 1. The molecule has 1 fully saturated rings. The first-order chi connectivity index (χ1) is 12.5. The summed E-state index contributed by atoms with van der Waals surface area (Å²) in [5.74, 6) is 0.0624. The quantitative estimate of drug-likeness (QED) is 0.745. The van der Waals surface area contributed by atoms with Crippen LogP contribution >= 0.6 is 0 Å². The van der Waals surface area contributed by atoms with Crippen LogP contribution < -0.4 is 16.6 Å². The Morgan fingerprint density at radius 3 is 2.69 bits per heavy atom. The van der Waals surface area contributed by atoms with E-state index in [-0.39, 0.29) is 29.3 Å². The van der Waals surface area contributed by atoms with Crippen molar-refractivity contribution in [1.82, 2.24) is 24.5 Å². The van der Waals surface area contributed by atoms with Gasteiger partial charge in [0.05, 0.1) is 10.9 Å². The van der Waals surface area contributed by atoms with E-state index in [0.717, 1.165) is 25.7 Å². The maximum Gasteiger partial charge on any atom is 0.349 e. The minimum atomic E-state index is -0.437. The molecule has 0 spiro atoms. The Morgan fingerprint density at radius 1 is 1.27 bits per heavy atom. The molecular formula is C18H21N5O3. The fourth-order valence-electron chi connectivity index (χ4n) is 3.73. The second-order valence-electron chi connectivity index (χ2n) is 7.12. The number of aromatic nitrogens is 4. The van der Waals surface area contributed by atoms with E-state index in [9.17, 15) is 14.4 Å². The van der Waals surface area contributed by atoms with E-state index in [1.807, 2.05) is 13.8 Å². The average Bonchev–Trinajstić information content (AvgIpc) is 3.24. The van der Waals surface area contributed by atoms with Gasteiger partial charge < -0.3 is 5.32 Å². The third-order valence-electron chi connectivity index (χ3n) is 5.03. The van der Waals surface area contributed by atoms with E-state index < -0.39 is 5.69 Å². The highest BCUT2D eigenvalue weighted by atomic mass is 16.2. The van der Waals surface area contributed by atoms with Crippen molar-refractivity contribution in [3.63, 3.8) is 0 Å². The van der Waals surface area contributed by atoms with Gasteiger partial charge >= 0.3 is 5.69 Å². The minimum Gasteiger partial charge on any atom is -0.349 e. The normalized spacial score (nSPS) is 15.3. The number of fused-ring (bicyclic) bond motifs is 3. The lowest BCUT2D eigenvalue weighted by Gasteiger charge is -2.14. The third-order valence-corrected chi connectivity index (χ3v) is 5.03. The van der Waals surface area contributed by atoms with Gasteiger partial charge in [-0.1, -0.05) is 12.8 Å². The van der Waals surface area contributed by atoms with Crippen LogP contribution in [0.2, 0.25) is 0 Å². The van der Waals surface area contributed by atoms with Gasteiger partial charge in [0.2, 0.25) is 5.78 Å². The van der Waals surface area contributed by atoms with Crippen LogP contribution in [0.3, 0.4) is 0 Å². The number of carbonyl (C=O) groups is 1. The number of carbonyl (C=O) groups excluding carboxylic acids is 1.